The average Bonchev–Trinajstić information content (AvgIpc) is 3.31. The van der Waals surface area contributed by atoms with E-state index in [1.165, 1.54) is 12.5 Å². The number of amides is 2. The molecule has 0 radical (unpaired) electrons. The molecule has 2 aromatic heterocycles. The van der Waals surface area contributed by atoms with Gasteiger partial charge in [-0.05, 0) is 24.4 Å². The fraction of sp³-hybridized carbons (Fsp3) is 0.400. The van der Waals surface area contributed by atoms with Gasteiger partial charge in [0, 0.05) is 11.9 Å². The molecule has 1 atom stereocenters. The van der Waals surface area contributed by atoms with Crippen LogP contribution in [-0.2, 0) is 11.3 Å². The third kappa shape index (κ3) is 4.62. The van der Waals surface area contributed by atoms with Crippen LogP contribution in [-0.4, -0.2) is 39.3 Å². The van der Waals surface area contributed by atoms with Crippen LogP contribution in [0.1, 0.15) is 37.7 Å². The predicted octanol–water partition coefficient (Wildman–Crippen LogP) is 2.16. The molecule has 3 aromatic rings. The maximum absolute atomic E-state index is 13.1. The van der Waals surface area contributed by atoms with E-state index >= 15 is 0 Å². The van der Waals surface area contributed by atoms with E-state index < -0.39 is 17.4 Å². The van der Waals surface area contributed by atoms with Crippen molar-refractivity contribution in [2.75, 3.05) is 11.9 Å². The van der Waals surface area contributed by atoms with Crippen molar-refractivity contribution in [2.24, 2.45) is 11.1 Å². The highest BCUT2D eigenvalue weighted by molar-refractivity contribution is 6.07. The Kier molecular flexibility index (Phi) is 5.97. The molecule has 0 aliphatic heterocycles. The molecule has 9 nitrogen and oxygen atoms in total. The zero-order valence-electron chi connectivity index (χ0n) is 16.8. The number of aromatic nitrogens is 3. The van der Waals surface area contributed by atoms with E-state index in [4.69, 9.17) is 10.3 Å². The van der Waals surface area contributed by atoms with Crippen LogP contribution in [0, 0.1) is 5.41 Å². The lowest BCUT2D eigenvalue weighted by molar-refractivity contribution is -0.120. The first-order valence-electron chi connectivity index (χ1n) is 9.48. The van der Waals surface area contributed by atoms with Crippen molar-refractivity contribution in [3.05, 3.63) is 42.4 Å². The number of fused-ring (bicyclic) bond motifs is 1. The second-order valence-corrected chi connectivity index (χ2v) is 7.91. The molecule has 0 saturated carbocycles. The van der Waals surface area contributed by atoms with Crippen molar-refractivity contribution < 1.29 is 14.1 Å². The monoisotopic (exact) mass is 398 g/mol. The van der Waals surface area contributed by atoms with Crippen LogP contribution in [0.15, 0.2) is 41.2 Å². The molecule has 0 aliphatic rings. The number of anilines is 1. The minimum absolute atomic E-state index is 0.282. The molecular weight excluding hydrogens is 372 g/mol. The van der Waals surface area contributed by atoms with Gasteiger partial charge in [0.15, 0.2) is 5.69 Å². The highest BCUT2D eigenvalue weighted by Crippen LogP contribution is 2.23. The SMILES string of the molecule is CC(C)(C)C(NC(=O)c1nn(CCCN)c2ccccc12)C(=O)Nc1cnoc1. The van der Waals surface area contributed by atoms with Crippen LogP contribution in [0.2, 0.25) is 0 Å². The lowest BCUT2D eigenvalue weighted by atomic mass is 9.86. The van der Waals surface area contributed by atoms with Crippen LogP contribution in [0.4, 0.5) is 5.69 Å². The van der Waals surface area contributed by atoms with Crippen molar-refractivity contribution in [3.8, 4) is 0 Å². The number of carbonyl (C=O) groups excluding carboxylic acids is 2. The molecule has 29 heavy (non-hydrogen) atoms. The Labute approximate surface area is 168 Å². The molecule has 0 bridgehead atoms. The summed E-state index contributed by atoms with van der Waals surface area (Å²) in [4.78, 5) is 25.9. The van der Waals surface area contributed by atoms with Crippen LogP contribution in [0.25, 0.3) is 10.9 Å². The first-order chi connectivity index (χ1) is 13.8. The number of carbonyl (C=O) groups is 2. The molecule has 154 valence electrons. The summed E-state index contributed by atoms with van der Waals surface area (Å²) in [6.07, 6.45) is 3.47. The second-order valence-electron chi connectivity index (χ2n) is 7.91. The molecule has 9 heteroatoms. The van der Waals surface area contributed by atoms with Crippen LogP contribution >= 0.6 is 0 Å². The van der Waals surface area contributed by atoms with E-state index in [1.807, 2.05) is 45.0 Å². The summed E-state index contributed by atoms with van der Waals surface area (Å²) in [5.74, 6) is -0.769. The molecule has 0 fully saturated rings. The Balaban J connectivity index is 1.87. The van der Waals surface area contributed by atoms with Crippen molar-refractivity contribution in [1.29, 1.82) is 0 Å². The van der Waals surface area contributed by atoms with Gasteiger partial charge in [0.05, 0.1) is 11.7 Å². The number of aryl methyl sites for hydroxylation is 1. The van der Waals surface area contributed by atoms with E-state index in [2.05, 4.69) is 20.9 Å². The number of nitrogens with zero attached hydrogens (tertiary/aromatic N) is 3. The van der Waals surface area contributed by atoms with Gasteiger partial charge in [-0.3, -0.25) is 14.3 Å². The third-order valence-corrected chi connectivity index (χ3v) is 4.55. The van der Waals surface area contributed by atoms with Gasteiger partial charge >= 0.3 is 0 Å². The molecule has 1 unspecified atom stereocenters. The van der Waals surface area contributed by atoms with Gasteiger partial charge in [-0.1, -0.05) is 44.1 Å². The minimum Gasteiger partial charge on any atom is -0.363 e. The van der Waals surface area contributed by atoms with Gasteiger partial charge in [-0.15, -0.1) is 0 Å². The standard InChI is InChI=1S/C20H26N6O3/c1-20(2,3)17(19(28)23-13-11-22-29-12-13)24-18(27)16-14-7-4-5-8-15(14)26(25-16)10-6-9-21/h4-5,7-8,11-12,17H,6,9-10,21H2,1-3H3,(H,23,28)(H,24,27). The molecule has 3 rings (SSSR count). The summed E-state index contributed by atoms with van der Waals surface area (Å²) in [5, 5.41) is 14.3. The van der Waals surface area contributed by atoms with Crippen molar-refractivity contribution in [1.82, 2.24) is 20.3 Å². The molecule has 1 aromatic carbocycles. The lowest BCUT2D eigenvalue weighted by Gasteiger charge is -2.29. The third-order valence-electron chi connectivity index (χ3n) is 4.55. The van der Waals surface area contributed by atoms with Gasteiger partial charge in [0.25, 0.3) is 5.91 Å². The average molecular weight is 398 g/mol. The van der Waals surface area contributed by atoms with Gasteiger partial charge in [-0.2, -0.15) is 5.10 Å². The van der Waals surface area contributed by atoms with E-state index in [0.29, 0.717) is 18.8 Å². The smallest absolute Gasteiger partial charge is 0.273 e. The van der Waals surface area contributed by atoms with E-state index in [9.17, 15) is 9.59 Å². The highest BCUT2D eigenvalue weighted by atomic mass is 16.5. The fourth-order valence-electron chi connectivity index (χ4n) is 3.06. The zero-order chi connectivity index (χ0) is 21.0. The molecule has 4 N–H and O–H groups in total. The van der Waals surface area contributed by atoms with Crippen molar-refractivity contribution >= 4 is 28.4 Å². The van der Waals surface area contributed by atoms with Crippen molar-refractivity contribution in [2.45, 2.75) is 39.8 Å². The summed E-state index contributed by atoms with van der Waals surface area (Å²) in [7, 11) is 0. The Morgan fingerprint density at radius 2 is 2.03 bits per heavy atom. The largest absolute Gasteiger partial charge is 0.363 e. The predicted molar refractivity (Wildman–Crippen MR) is 109 cm³/mol. The van der Waals surface area contributed by atoms with Gasteiger partial charge < -0.3 is 20.9 Å². The van der Waals surface area contributed by atoms with Gasteiger partial charge in [0.1, 0.15) is 18.0 Å². The summed E-state index contributed by atoms with van der Waals surface area (Å²) >= 11 is 0. The number of rotatable bonds is 7. The van der Waals surface area contributed by atoms with Crippen LogP contribution < -0.4 is 16.4 Å². The Morgan fingerprint density at radius 1 is 1.28 bits per heavy atom. The van der Waals surface area contributed by atoms with Crippen molar-refractivity contribution in [3.63, 3.8) is 0 Å². The van der Waals surface area contributed by atoms with Crippen LogP contribution in [0.3, 0.4) is 0 Å². The minimum atomic E-state index is -0.794. The second kappa shape index (κ2) is 8.44. The Bertz CT molecular complexity index is 987. The normalized spacial score (nSPS) is 12.7. The Hall–Kier alpha value is -3.20. The number of hydrogen-bond donors (Lipinski definition) is 3. The highest BCUT2D eigenvalue weighted by Gasteiger charge is 2.34. The first kappa shape index (κ1) is 20.5. The van der Waals surface area contributed by atoms with Crippen LogP contribution in [0.5, 0.6) is 0 Å². The number of nitrogens with two attached hydrogens (primary N) is 1. The summed E-state index contributed by atoms with van der Waals surface area (Å²) in [6.45, 7) is 6.78. The fourth-order valence-corrected chi connectivity index (χ4v) is 3.06. The van der Waals surface area contributed by atoms with Gasteiger partial charge in [-0.25, -0.2) is 0 Å². The molecule has 0 spiro atoms. The van der Waals surface area contributed by atoms with E-state index in [1.54, 1.807) is 4.68 Å². The summed E-state index contributed by atoms with van der Waals surface area (Å²) < 4.78 is 6.52. The maximum atomic E-state index is 13.1. The molecule has 2 amide bonds. The molecule has 0 aliphatic carbocycles. The zero-order valence-corrected chi connectivity index (χ0v) is 16.8. The van der Waals surface area contributed by atoms with E-state index in [-0.39, 0.29) is 11.6 Å². The number of nitrogens with one attached hydrogen (secondary N) is 2. The summed E-state index contributed by atoms with van der Waals surface area (Å²) in [5.41, 5.74) is 6.64. The number of benzene rings is 1. The quantitative estimate of drug-likeness (QED) is 0.559. The molecule has 0 saturated heterocycles. The number of para-hydroxylation sites is 1. The topological polar surface area (TPSA) is 128 Å². The van der Waals surface area contributed by atoms with E-state index in [0.717, 1.165) is 17.3 Å². The summed E-state index contributed by atoms with van der Waals surface area (Å²) in [6, 6.07) is 6.72. The first-order valence-corrected chi connectivity index (χ1v) is 9.48. The molecular formula is C20H26N6O3. The Morgan fingerprint density at radius 3 is 2.69 bits per heavy atom. The molecule has 2 heterocycles. The maximum Gasteiger partial charge on any atom is 0.273 e. The van der Waals surface area contributed by atoms with Gasteiger partial charge in [0.2, 0.25) is 5.91 Å². The number of hydrogen-bond acceptors (Lipinski definition) is 6. The lowest BCUT2D eigenvalue weighted by Crippen LogP contribution is -2.51.